The number of amides is 1. The largest absolute Gasteiger partial charge is 0.406 e. The lowest BCUT2D eigenvalue weighted by atomic mass is 10.2. The predicted octanol–water partition coefficient (Wildman–Crippen LogP) is 1.80. The van der Waals surface area contributed by atoms with Crippen molar-refractivity contribution in [3.05, 3.63) is 17.5 Å². The van der Waals surface area contributed by atoms with Crippen LogP contribution in [0.25, 0.3) is 0 Å². The molecule has 2 rings (SSSR count). The van der Waals surface area contributed by atoms with E-state index >= 15 is 0 Å². The van der Waals surface area contributed by atoms with E-state index in [4.69, 9.17) is 4.74 Å². The average Bonchev–Trinajstić information content (AvgIpc) is 2.96. The van der Waals surface area contributed by atoms with Gasteiger partial charge >= 0.3 is 6.18 Å². The number of hydrogen-bond donors (Lipinski definition) is 0. The summed E-state index contributed by atoms with van der Waals surface area (Å²) in [5.41, 5.74) is 1.26. The van der Waals surface area contributed by atoms with Gasteiger partial charge in [-0.15, -0.1) is 0 Å². The van der Waals surface area contributed by atoms with Gasteiger partial charge in [-0.1, -0.05) is 0 Å². The Bertz CT molecular complexity index is 507. The Hall–Kier alpha value is -1.57. The fourth-order valence-electron chi connectivity index (χ4n) is 2.41. The number of carbonyl (C=O) groups is 1. The number of aromatic nitrogens is 2. The average molecular weight is 305 g/mol. The number of hydrogen-bond acceptors (Lipinski definition) is 3. The van der Waals surface area contributed by atoms with E-state index in [0.29, 0.717) is 30.8 Å². The maximum atomic E-state index is 12.7. The van der Waals surface area contributed by atoms with Crippen LogP contribution in [-0.4, -0.2) is 46.0 Å². The molecule has 8 heteroatoms. The van der Waals surface area contributed by atoms with E-state index in [9.17, 15) is 18.0 Å². The van der Waals surface area contributed by atoms with Crippen molar-refractivity contribution < 1.29 is 22.7 Å². The standard InChI is InChI=1S/C13H18F3N3O2/c1-9-6-10(18(2)17-9)7-19(8-13(14,15)16)12(20)11-4-3-5-21-11/h6,11H,3-5,7-8H2,1-2H3/t11-/m1/s1. The molecule has 0 radical (unpaired) electrons. The lowest BCUT2D eigenvalue weighted by molar-refractivity contribution is -0.168. The predicted molar refractivity (Wildman–Crippen MR) is 68.4 cm³/mol. The SMILES string of the molecule is Cc1cc(CN(CC(F)(F)F)C(=O)[C@H]2CCCO2)n(C)n1. The van der Waals surface area contributed by atoms with Crippen LogP contribution in [0.2, 0.25) is 0 Å². The van der Waals surface area contributed by atoms with Gasteiger partial charge in [-0.3, -0.25) is 9.48 Å². The van der Waals surface area contributed by atoms with Crippen molar-refractivity contribution in [3.8, 4) is 0 Å². The molecule has 2 heterocycles. The lowest BCUT2D eigenvalue weighted by Crippen LogP contribution is -2.43. The van der Waals surface area contributed by atoms with Gasteiger partial charge in [0.05, 0.1) is 17.9 Å². The van der Waals surface area contributed by atoms with E-state index in [0.717, 1.165) is 4.90 Å². The second-order valence-electron chi connectivity index (χ2n) is 5.21. The molecule has 0 N–H and O–H groups in total. The van der Waals surface area contributed by atoms with Gasteiger partial charge in [-0.05, 0) is 25.8 Å². The van der Waals surface area contributed by atoms with Crippen molar-refractivity contribution >= 4 is 5.91 Å². The fraction of sp³-hybridized carbons (Fsp3) is 0.692. The van der Waals surface area contributed by atoms with Crippen LogP contribution in [0.3, 0.4) is 0 Å². The second kappa shape index (κ2) is 6.05. The monoisotopic (exact) mass is 305 g/mol. The lowest BCUT2D eigenvalue weighted by Gasteiger charge is -2.26. The Morgan fingerprint density at radius 2 is 2.29 bits per heavy atom. The highest BCUT2D eigenvalue weighted by Gasteiger charge is 2.37. The molecule has 21 heavy (non-hydrogen) atoms. The van der Waals surface area contributed by atoms with E-state index in [1.54, 1.807) is 20.0 Å². The van der Waals surface area contributed by atoms with Crippen LogP contribution < -0.4 is 0 Å². The van der Waals surface area contributed by atoms with Crippen LogP contribution >= 0.6 is 0 Å². The van der Waals surface area contributed by atoms with Crippen LogP contribution in [-0.2, 0) is 23.1 Å². The fourth-order valence-corrected chi connectivity index (χ4v) is 2.41. The van der Waals surface area contributed by atoms with E-state index in [2.05, 4.69) is 5.10 Å². The molecule has 0 bridgehead atoms. The highest BCUT2D eigenvalue weighted by molar-refractivity contribution is 5.81. The van der Waals surface area contributed by atoms with Gasteiger partial charge in [0.15, 0.2) is 0 Å². The molecule has 0 aromatic carbocycles. The van der Waals surface area contributed by atoms with Gasteiger partial charge in [-0.25, -0.2) is 0 Å². The number of carbonyl (C=O) groups excluding carboxylic acids is 1. The van der Waals surface area contributed by atoms with Crippen LogP contribution in [0.5, 0.6) is 0 Å². The third-order valence-corrected chi connectivity index (χ3v) is 3.34. The van der Waals surface area contributed by atoms with Crippen LogP contribution in [0.15, 0.2) is 6.07 Å². The Kier molecular flexibility index (Phi) is 4.55. The first-order valence-corrected chi connectivity index (χ1v) is 6.73. The number of nitrogens with zero attached hydrogens (tertiary/aromatic N) is 3. The molecule has 118 valence electrons. The molecule has 5 nitrogen and oxygen atoms in total. The zero-order valence-electron chi connectivity index (χ0n) is 12.0. The third-order valence-electron chi connectivity index (χ3n) is 3.34. The normalized spacial score (nSPS) is 19.0. The molecule has 0 aliphatic carbocycles. The van der Waals surface area contributed by atoms with Crippen LogP contribution in [0.1, 0.15) is 24.2 Å². The summed E-state index contributed by atoms with van der Waals surface area (Å²) in [6.07, 6.45) is -4.04. The van der Waals surface area contributed by atoms with Crippen molar-refractivity contribution in [2.45, 2.75) is 38.6 Å². The summed E-state index contributed by atoms with van der Waals surface area (Å²) < 4.78 is 44.8. The van der Waals surface area contributed by atoms with E-state index in [1.807, 2.05) is 0 Å². The summed E-state index contributed by atoms with van der Waals surface area (Å²) in [5.74, 6) is -0.608. The first kappa shape index (κ1) is 15.8. The van der Waals surface area contributed by atoms with Crippen molar-refractivity contribution in [2.75, 3.05) is 13.2 Å². The molecule has 0 spiro atoms. The van der Waals surface area contributed by atoms with Crippen molar-refractivity contribution in [1.82, 2.24) is 14.7 Å². The van der Waals surface area contributed by atoms with Gasteiger partial charge < -0.3 is 9.64 Å². The maximum Gasteiger partial charge on any atom is 0.406 e. The first-order chi connectivity index (χ1) is 9.76. The molecular formula is C13H18F3N3O2. The minimum absolute atomic E-state index is 0.129. The van der Waals surface area contributed by atoms with Gasteiger partial charge in [0.1, 0.15) is 12.6 Å². The molecule has 1 aliphatic rings. The van der Waals surface area contributed by atoms with E-state index in [-0.39, 0.29) is 6.54 Å². The Labute approximate surface area is 120 Å². The summed E-state index contributed by atoms with van der Waals surface area (Å²) in [6.45, 7) is 0.756. The quantitative estimate of drug-likeness (QED) is 0.852. The number of ether oxygens (including phenoxy) is 1. The minimum Gasteiger partial charge on any atom is -0.368 e. The molecule has 0 unspecified atom stereocenters. The van der Waals surface area contributed by atoms with Crippen LogP contribution in [0, 0.1) is 6.92 Å². The molecule has 1 aromatic rings. The molecule has 1 fully saturated rings. The van der Waals surface area contributed by atoms with Crippen molar-refractivity contribution in [3.63, 3.8) is 0 Å². The number of aryl methyl sites for hydroxylation is 2. The minimum atomic E-state index is -4.44. The van der Waals surface area contributed by atoms with Crippen molar-refractivity contribution in [1.29, 1.82) is 0 Å². The molecule has 1 atom stereocenters. The summed E-state index contributed by atoms with van der Waals surface area (Å²) in [4.78, 5) is 13.0. The summed E-state index contributed by atoms with van der Waals surface area (Å²) in [6, 6.07) is 1.67. The molecule has 1 amide bonds. The summed E-state index contributed by atoms with van der Waals surface area (Å²) in [7, 11) is 1.64. The zero-order chi connectivity index (χ0) is 15.6. The smallest absolute Gasteiger partial charge is 0.368 e. The Morgan fingerprint density at radius 1 is 1.57 bits per heavy atom. The molecular weight excluding hydrogens is 287 g/mol. The molecule has 1 aromatic heterocycles. The number of rotatable bonds is 4. The first-order valence-electron chi connectivity index (χ1n) is 6.73. The van der Waals surface area contributed by atoms with Gasteiger partial charge in [0.2, 0.25) is 0 Å². The second-order valence-corrected chi connectivity index (χ2v) is 5.21. The van der Waals surface area contributed by atoms with Crippen molar-refractivity contribution in [2.24, 2.45) is 7.05 Å². The van der Waals surface area contributed by atoms with E-state index in [1.165, 1.54) is 4.68 Å². The molecule has 1 aliphatic heterocycles. The number of halogens is 3. The molecule has 0 saturated carbocycles. The van der Waals surface area contributed by atoms with Gasteiger partial charge in [0, 0.05) is 13.7 Å². The Balaban J connectivity index is 2.15. The van der Waals surface area contributed by atoms with E-state index < -0.39 is 24.7 Å². The van der Waals surface area contributed by atoms with Gasteiger partial charge in [-0.2, -0.15) is 18.3 Å². The van der Waals surface area contributed by atoms with Crippen LogP contribution in [0.4, 0.5) is 13.2 Å². The number of alkyl halides is 3. The molecule has 1 saturated heterocycles. The summed E-state index contributed by atoms with van der Waals surface area (Å²) in [5, 5.41) is 4.08. The zero-order valence-corrected chi connectivity index (χ0v) is 12.0. The summed E-state index contributed by atoms with van der Waals surface area (Å²) >= 11 is 0. The Morgan fingerprint density at radius 3 is 2.76 bits per heavy atom. The highest BCUT2D eigenvalue weighted by atomic mass is 19.4. The third kappa shape index (κ3) is 4.20. The highest BCUT2D eigenvalue weighted by Crippen LogP contribution is 2.22. The van der Waals surface area contributed by atoms with Gasteiger partial charge in [0.25, 0.3) is 5.91 Å². The maximum absolute atomic E-state index is 12.7. The topological polar surface area (TPSA) is 47.4 Å².